The second-order valence-electron chi connectivity index (χ2n) is 2.90. The number of nitrogens with two attached hydrogens (primary N) is 1. The van der Waals surface area contributed by atoms with Gasteiger partial charge in [0.1, 0.15) is 0 Å². The lowest BCUT2D eigenvalue weighted by Gasteiger charge is -2.06. The fourth-order valence-corrected chi connectivity index (χ4v) is 1.35. The van der Waals surface area contributed by atoms with Crippen LogP contribution < -0.4 is 11.1 Å². The first-order valence-corrected chi connectivity index (χ1v) is 3.83. The van der Waals surface area contributed by atoms with Crippen molar-refractivity contribution in [2.75, 3.05) is 6.54 Å². The summed E-state index contributed by atoms with van der Waals surface area (Å²) >= 11 is 0. The molecule has 0 bridgehead atoms. The first kappa shape index (κ1) is 6.82. The van der Waals surface area contributed by atoms with Crippen LogP contribution in [0.1, 0.15) is 5.69 Å². The molecule has 4 nitrogen and oxygen atoms in total. The standard InChI is InChI=1S/C7H12N4/c8-6-3-9-4-7-1-2-10-11(7)5-6/h1-2,6,9H,3-5,8H2. The number of rotatable bonds is 0. The van der Waals surface area contributed by atoms with E-state index in [4.69, 9.17) is 5.73 Å². The minimum absolute atomic E-state index is 0.191. The maximum atomic E-state index is 5.79. The van der Waals surface area contributed by atoms with Gasteiger partial charge in [-0.15, -0.1) is 0 Å². The van der Waals surface area contributed by atoms with Crippen LogP contribution in [-0.2, 0) is 13.1 Å². The van der Waals surface area contributed by atoms with Crippen LogP contribution in [0.3, 0.4) is 0 Å². The number of nitrogens with zero attached hydrogens (tertiary/aromatic N) is 2. The average Bonchev–Trinajstić information content (AvgIpc) is 2.31. The molecule has 1 aromatic heterocycles. The molecule has 1 atom stereocenters. The molecule has 2 rings (SSSR count). The van der Waals surface area contributed by atoms with E-state index in [1.807, 2.05) is 16.9 Å². The van der Waals surface area contributed by atoms with Crippen LogP contribution in [0.4, 0.5) is 0 Å². The molecule has 11 heavy (non-hydrogen) atoms. The third-order valence-corrected chi connectivity index (χ3v) is 1.92. The van der Waals surface area contributed by atoms with Crippen molar-refractivity contribution < 1.29 is 0 Å². The Morgan fingerprint density at radius 2 is 2.64 bits per heavy atom. The predicted molar refractivity (Wildman–Crippen MR) is 41.9 cm³/mol. The Kier molecular flexibility index (Phi) is 1.63. The summed E-state index contributed by atoms with van der Waals surface area (Å²) in [6, 6.07) is 2.21. The second kappa shape index (κ2) is 2.64. The van der Waals surface area contributed by atoms with E-state index >= 15 is 0 Å². The molecule has 0 aromatic carbocycles. The quantitative estimate of drug-likeness (QED) is 0.517. The van der Waals surface area contributed by atoms with Gasteiger partial charge in [0.25, 0.3) is 0 Å². The predicted octanol–water partition coefficient (Wildman–Crippen LogP) is -0.686. The highest BCUT2D eigenvalue weighted by Crippen LogP contribution is 2.02. The van der Waals surface area contributed by atoms with E-state index in [1.54, 1.807) is 0 Å². The van der Waals surface area contributed by atoms with Gasteiger partial charge in [0.05, 0.1) is 12.2 Å². The Morgan fingerprint density at radius 3 is 3.55 bits per heavy atom. The Bertz CT molecular complexity index is 242. The van der Waals surface area contributed by atoms with Crippen LogP contribution in [0.15, 0.2) is 12.3 Å². The van der Waals surface area contributed by atoms with Crippen LogP contribution in [0, 0.1) is 0 Å². The number of hydrogen-bond donors (Lipinski definition) is 2. The molecule has 0 amide bonds. The van der Waals surface area contributed by atoms with Crippen molar-refractivity contribution in [1.82, 2.24) is 15.1 Å². The number of nitrogens with one attached hydrogen (secondary N) is 1. The lowest BCUT2D eigenvalue weighted by Crippen LogP contribution is -2.34. The molecule has 2 heterocycles. The van der Waals surface area contributed by atoms with Crippen molar-refractivity contribution in [1.29, 1.82) is 0 Å². The van der Waals surface area contributed by atoms with Crippen molar-refractivity contribution in [3.8, 4) is 0 Å². The maximum Gasteiger partial charge on any atom is 0.0576 e. The van der Waals surface area contributed by atoms with Crippen molar-refractivity contribution in [3.05, 3.63) is 18.0 Å². The van der Waals surface area contributed by atoms with Crippen LogP contribution in [-0.4, -0.2) is 22.4 Å². The first-order chi connectivity index (χ1) is 5.36. The molecule has 0 aliphatic carbocycles. The molecule has 0 saturated heterocycles. The maximum absolute atomic E-state index is 5.79. The summed E-state index contributed by atoms with van der Waals surface area (Å²) in [4.78, 5) is 0. The number of fused-ring (bicyclic) bond motifs is 1. The van der Waals surface area contributed by atoms with Crippen molar-refractivity contribution in [3.63, 3.8) is 0 Å². The molecule has 1 aliphatic rings. The summed E-state index contributed by atoms with van der Waals surface area (Å²) in [5.41, 5.74) is 7.01. The lowest BCUT2D eigenvalue weighted by molar-refractivity contribution is 0.515. The van der Waals surface area contributed by atoms with Gasteiger partial charge in [-0.3, -0.25) is 4.68 Å². The van der Waals surface area contributed by atoms with E-state index in [9.17, 15) is 0 Å². The van der Waals surface area contributed by atoms with Gasteiger partial charge in [0.15, 0.2) is 0 Å². The fraction of sp³-hybridized carbons (Fsp3) is 0.571. The van der Waals surface area contributed by atoms with Gasteiger partial charge < -0.3 is 11.1 Å². The van der Waals surface area contributed by atoms with Crippen molar-refractivity contribution >= 4 is 0 Å². The minimum atomic E-state index is 0.191. The molecule has 1 unspecified atom stereocenters. The average molecular weight is 152 g/mol. The molecule has 0 fully saturated rings. The van der Waals surface area contributed by atoms with Gasteiger partial charge in [-0.05, 0) is 6.07 Å². The zero-order valence-corrected chi connectivity index (χ0v) is 6.33. The second-order valence-corrected chi connectivity index (χ2v) is 2.90. The van der Waals surface area contributed by atoms with E-state index in [1.165, 1.54) is 5.69 Å². The summed E-state index contributed by atoms with van der Waals surface area (Å²) in [6.45, 7) is 2.59. The molecule has 60 valence electrons. The molecule has 0 radical (unpaired) electrons. The molecule has 0 saturated carbocycles. The van der Waals surface area contributed by atoms with Crippen LogP contribution in [0.2, 0.25) is 0 Å². The van der Waals surface area contributed by atoms with Crippen LogP contribution in [0.5, 0.6) is 0 Å². The summed E-state index contributed by atoms with van der Waals surface area (Å²) in [7, 11) is 0. The molecule has 0 spiro atoms. The smallest absolute Gasteiger partial charge is 0.0576 e. The molecule has 1 aliphatic heterocycles. The van der Waals surface area contributed by atoms with E-state index in [2.05, 4.69) is 10.4 Å². The SMILES string of the molecule is NC1CNCc2ccnn2C1. The number of aromatic nitrogens is 2. The summed E-state index contributed by atoms with van der Waals surface area (Å²) < 4.78 is 1.96. The van der Waals surface area contributed by atoms with Gasteiger partial charge in [0.2, 0.25) is 0 Å². The lowest BCUT2D eigenvalue weighted by atomic mass is 10.3. The largest absolute Gasteiger partial charge is 0.325 e. The highest BCUT2D eigenvalue weighted by atomic mass is 15.3. The monoisotopic (exact) mass is 152 g/mol. The topological polar surface area (TPSA) is 55.9 Å². The molecule has 3 N–H and O–H groups in total. The van der Waals surface area contributed by atoms with Gasteiger partial charge in [0, 0.05) is 25.3 Å². The van der Waals surface area contributed by atoms with Gasteiger partial charge in [-0.25, -0.2) is 0 Å². The summed E-state index contributed by atoms with van der Waals surface area (Å²) in [5, 5.41) is 7.42. The van der Waals surface area contributed by atoms with Gasteiger partial charge >= 0.3 is 0 Å². The third kappa shape index (κ3) is 1.27. The Balaban J connectivity index is 2.26. The van der Waals surface area contributed by atoms with Crippen molar-refractivity contribution in [2.45, 2.75) is 19.1 Å². The van der Waals surface area contributed by atoms with Gasteiger partial charge in [-0.1, -0.05) is 0 Å². The van der Waals surface area contributed by atoms with E-state index < -0.39 is 0 Å². The van der Waals surface area contributed by atoms with Crippen molar-refractivity contribution in [2.24, 2.45) is 5.73 Å². The molecule has 4 heteroatoms. The number of hydrogen-bond acceptors (Lipinski definition) is 3. The normalized spacial score (nSPS) is 24.3. The molecular weight excluding hydrogens is 140 g/mol. The minimum Gasteiger partial charge on any atom is -0.325 e. The summed E-state index contributed by atoms with van der Waals surface area (Å²) in [5.74, 6) is 0. The van der Waals surface area contributed by atoms with E-state index in [0.29, 0.717) is 0 Å². The highest BCUT2D eigenvalue weighted by molar-refractivity contribution is 5.01. The zero-order chi connectivity index (χ0) is 7.68. The van der Waals surface area contributed by atoms with Crippen LogP contribution in [0.25, 0.3) is 0 Å². The Labute approximate surface area is 65.4 Å². The van der Waals surface area contributed by atoms with E-state index in [-0.39, 0.29) is 6.04 Å². The Hall–Kier alpha value is -0.870. The highest BCUT2D eigenvalue weighted by Gasteiger charge is 2.11. The summed E-state index contributed by atoms with van der Waals surface area (Å²) in [6.07, 6.45) is 1.81. The molecule has 1 aromatic rings. The first-order valence-electron chi connectivity index (χ1n) is 3.83. The third-order valence-electron chi connectivity index (χ3n) is 1.92. The van der Waals surface area contributed by atoms with Crippen LogP contribution >= 0.6 is 0 Å². The fourth-order valence-electron chi connectivity index (χ4n) is 1.35. The van der Waals surface area contributed by atoms with E-state index in [0.717, 1.165) is 19.6 Å². The Morgan fingerprint density at radius 1 is 1.73 bits per heavy atom. The zero-order valence-electron chi connectivity index (χ0n) is 6.33. The molecular formula is C7H12N4. The van der Waals surface area contributed by atoms with Gasteiger partial charge in [-0.2, -0.15) is 5.10 Å².